The van der Waals surface area contributed by atoms with Gasteiger partial charge in [-0.3, -0.25) is 19.7 Å². The predicted molar refractivity (Wildman–Crippen MR) is 311 cm³/mol. The van der Waals surface area contributed by atoms with Gasteiger partial charge in [-0.15, -0.1) is 0 Å². The number of halogens is 4. The minimum atomic E-state index is -0.695. The second kappa shape index (κ2) is 33.2. The summed E-state index contributed by atoms with van der Waals surface area (Å²) in [7, 11) is 0. The molecule has 4 N–H and O–H groups in total. The number of carbonyl (C=O) groups is 5. The number of ether oxygens (including phenoxy) is 9. The lowest BCUT2D eigenvalue weighted by Crippen LogP contribution is -2.52. The van der Waals surface area contributed by atoms with E-state index in [1.165, 1.54) is 4.90 Å². The quantitative estimate of drug-likeness (QED) is 0.0218. The van der Waals surface area contributed by atoms with Crippen LogP contribution in [0.1, 0.15) is 60.7 Å². The highest BCUT2D eigenvalue weighted by Crippen LogP contribution is 2.36. The maximum absolute atomic E-state index is 15.4. The fourth-order valence-electron chi connectivity index (χ4n) is 8.93. The fourth-order valence-corrected chi connectivity index (χ4v) is 9.68. The molecule has 83 heavy (non-hydrogen) atoms. The van der Waals surface area contributed by atoms with Crippen molar-refractivity contribution < 1.29 is 71.0 Å². The fraction of sp³-hybridized carbons (Fsp3) is 0.554. The number of urea groups is 1. The molecule has 23 nitrogen and oxygen atoms in total. The Labute approximate surface area is 500 Å². The molecule has 0 bridgehead atoms. The van der Waals surface area contributed by atoms with Gasteiger partial charge in [0.25, 0.3) is 5.91 Å². The van der Waals surface area contributed by atoms with Gasteiger partial charge in [-0.05, 0) is 96.6 Å². The van der Waals surface area contributed by atoms with Gasteiger partial charge in [0, 0.05) is 73.9 Å². The molecular weight excluding hydrogens is 1190 g/mol. The maximum Gasteiger partial charge on any atom is 0.410 e. The third-order valence-electron chi connectivity index (χ3n) is 13.0. The van der Waals surface area contributed by atoms with Crippen LogP contribution in [-0.2, 0) is 71.7 Å². The number of imide groups is 1. The number of amides is 6. The van der Waals surface area contributed by atoms with E-state index >= 15 is 4.39 Å². The van der Waals surface area contributed by atoms with Crippen LogP contribution in [0.25, 0.3) is 10.9 Å². The average Bonchev–Trinajstić information content (AvgIpc) is 4.00. The first-order valence-electron chi connectivity index (χ1n) is 27.6. The molecular formula is C56H73BrCl2FN9O14. The van der Waals surface area contributed by atoms with Crippen molar-refractivity contribution in [3.05, 3.63) is 85.1 Å². The number of piperazine rings is 1. The molecule has 0 aliphatic carbocycles. The van der Waals surface area contributed by atoms with Gasteiger partial charge >= 0.3 is 12.1 Å². The molecule has 1 atom stereocenters. The highest BCUT2D eigenvalue weighted by atomic mass is 79.9. The van der Waals surface area contributed by atoms with Crippen molar-refractivity contribution in [2.75, 3.05) is 154 Å². The first-order chi connectivity index (χ1) is 40.0. The molecule has 1 aromatic heterocycles. The van der Waals surface area contributed by atoms with Gasteiger partial charge in [-0.1, -0.05) is 35.3 Å². The van der Waals surface area contributed by atoms with Gasteiger partial charge in [0.05, 0.1) is 115 Å². The van der Waals surface area contributed by atoms with Crippen LogP contribution in [0.4, 0.5) is 31.4 Å². The summed E-state index contributed by atoms with van der Waals surface area (Å²) in [6.45, 7) is 14.5. The van der Waals surface area contributed by atoms with Crippen LogP contribution in [0.5, 0.6) is 0 Å². The highest BCUT2D eigenvalue weighted by Gasteiger charge is 2.39. The Morgan fingerprint density at radius 2 is 1.34 bits per heavy atom. The Morgan fingerprint density at radius 3 is 1.93 bits per heavy atom. The number of fused-ring (bicyclic) bond motifs is 2. The van der Waals surface area contributed by atoms with Crippen molar-refractivity contribution in [2.45, 2.75) is 64.8 Å². The Balaban J connectivity index is 0.625. The number of aromatic nitrogens is 2. The molecule has 2 saturated heterocycles. The van der Waals surface area contributed by atoms with Crippen molar-refractivity contribution in [1.82, 2.24) is 30.4 Å². The number of anilines is 3. The van der Waals surface area contributed by atoms with Crippen molar-refractivity contribution in [1.29, 1.82) is 0 Å². The second-order valence-electron chi connectivity index (χ2n) is 20.3. The smallest absolute Gasteiger partial charge is 0.410 e. The molecule has 0 radical (unpaired) electrons. The van der Waals surface area contributed by atoms with E-state index in [1.807, 2.05) is 43.9 Å². The summed E-state index contributed by atoms with van der Waals surface area (Å²) in [4.78, 5) is 76.7. The van der Waals surface area contributed by atoms with Crippen LogP contribution in [0.3, 0.4) is 0 Å². The number of nitrogens with zero attached hydrogens (tertiary/aromatic N) is 5. The maximum atomic E-state index is 15.4. The third kappa shape index (κ3) is 20.9. The minimum Gasteiger partial charge on any atom is -0.444 e. The van der Waals surface area contributed by atoms with Crippen LogP contribution < -0.4 is 26.2 Å². The summed E-state index contributed by atoms with van der Waals surface area (Å²) in [6.07, 6.45) is 0.655. The number of piperidine rings is 1. The molecule has 1 unspecified atom stereocenters. The van der Waals surface area contributed by atoms with E-state index in [1.54, 1.807) is 29.2 Å². The minimum absolute atomic E-state index is 0.112. The molecule has 2 fully saturated rings. The number of hydrogen-bond acceptors (Lipinski definition) is 18. The highest BCUT2D eigenvalue weighted by molar-refractivity contribution is 9.10. The zero-order chi connectivity index (χ0) is 59.1. The molecule has 4 aromatic rings. The summed E-state index contributed by atoms with van der Waals surface area (Å²) in [5.74, 6) is -0.913. The van der Waals surface area contributed by atoms with Gasteiger partial charge in [-0.2, -0.15) is 4.98 Å². The van der Waals surface area contributed by atoms with Crippen molar-refractivity contribution in [3.63, 3.8) is 0 Å². The zero-order valence-corrected chi connectivity index (χ0v) is 50.1. The lowest BCUT2D eigenvalue weighted by atomic mass is 10.0. The Hall–Kier alpha value is -5.58. The molecule has 3 aliphatic heterocycles. The van der Waals surface area contributed by atoms with Crippen molar-refractivity contribution in [3.8, 4) is 0 Å². The van der Waals surface area contributed by atoms with Crippen LogP contribution in [-0.4, -0.2) is 200 Å². The van der Waals surface area contributed by atoms with E-state index in [-0.39, 0.29) is 64.8 Å². The molecule has 3 aromatic carbocycles. The van der Waals surface area contributed by atoms with Crippen LogP contribution in [0.2, 0.25) is 10.0 Å². The van der Waals surface area contributed by atoms with Crippen LogP contribution >= 0.6 is 39.1 Å². The van der Waals surface area contributed by atoms with Gasteiger partial charge in [0.15, 0.2) is 5.82 Å². The largest absolute Gasteiger partial charge is 0.444 e. The zero-order valence-electron chi connectivity index (χ0n) is 47.0. The molecule has 4 heterocycles. The molecule has 3 aliphatic rings. The second-order valence-corrected chi connectivity index (χ2v) is 22.0. The third-order valence-corrected chi connectivity index (χ3v) is 14.5. The predicted octanol–water partition coefficient (Wildman–Crippen LogP) is 6.77. The summed E-state index contributed by atoms with van der Waals surface area (Å²) in [6, 6.07) is 11.1. The molecule has 6 amide bonds. The number of hydrogen-bond donors (Lipinski definition) is 4. The number of nitrogens with one attached hydrogen (secondary N) is 4. The number of carbonyl (C=O) groups excluding carboxylic acids is 5. The van der Waals surface area contributed by atoms with E-state index < -0.39 is 29.4 Å². The summed E-state index contributed by atoms with van der Waals surface area (Å²) >= 11 is 15.9. The summed E-state index contributed by atoms with van der Waals surface area (Å²) in [5, 5.41) is 12.2. The Bertz CT molecular complexity index is 2830. The Kier molecular flexibility index (Phi) is 26.0. The molecule has 454 valence electrons. The van der Waals surface area contributed by atoms with Crippen LogP contribution in [0.15, 0.2) is 46.9 Å². The first kappa shape index (κ1) is 65.0. The van der Waals surface area contributed by atoms with Crippen molar-refractivity contribution in [2.24, 2.45) is 0 Å². The lowest BCUT2D eigenvalue weighted by Gasteiger charge is -2.36. The molecule has 0 spiro atoms. The van der Waals surface area contributed by atoms with E-state index in [2.05, 4.69) is 42.2 Å². The normalized spacial score (nSPS) is 15.5. The monoisotopic (exact) mass is 1260 g/mol. The van der Waals surface area contributed by atoms with E-state index in [0.717, 1.165) is 16.7 Å². The molecule has 0 saturated carbocycles. The summed E-state index contributed by atoms with van der Waals surface area (Å²) < 4.78 is 66.0. The topological polar surface area (TPSA) is 252 Å². The van der Waals surface area contributed by atoms with E-state index in [9.17, 15) is 24.0 Å². The lowest BCUT2D eigenvalue weighted by molar-refractivity contribution is -0.136. The molecule has 7 rings (SSSR count). The summed E-state index contributed by atoms with van der Waals surface area (Å²) in [5.41, 5.74) is 2.96. The van der Waals surface area contributed by atoms with Gasteiger partial charge in [0.1, 0.15) is 23.0 Å². The standard InChI is InChI=1S/C56H73BrCl2FN9O14/c1-56(2,3)83-55(74)68-12-10-67(11-13-68)50-43-34-44(59)47(57)48(60)49(43)65-53(66-50)61-9-15-76-17-19-78-21-23-80-25-27-82-29-28-81-26-24-79-22-20-77-18-16-75-14-8-37-31-40(58)33-41(32-37)63-54(73)62-35-38-4-5-42-39(30-38)36-69(52(42)72)45-6-7-46(70)64-51(45)71/h4-5,30-34,45H,6-29,35-36H2,1-3H3,(H,61,65,66)(H2,62,63,73)(H,64,70,71). The first-order valence-corrected chi connectivity index (χ1v) is 29.1. The van der Waals surface area contributed by atoms with E-state index in [0.29, 0.717) is 172 Å². The molecule has 27 heteroatoms. The van der Waals surface area contributed by atoms with Gasteiger partial charge in [0.2, 0.25) is 17.8 Å². The number of benzene rings is 3. The van der Waals surface area contributed by atoms with Gasteiger partial charge in [-0.25, -0.2) is 19.0 Å². The Morgan fingerprint density at radius 1 is 0.747 bits per heavy atom. The van der Waals surface area contributed by atoms with Crippen LogP contribution in [0, 0.1) is 5.82 Å². The average molecular weight is 1270 g/mol. The van der Waals surface area contributed by atoms with E-state index in [4.69, 9.17) is 70.8 Å². The van der Waals surface area contributed by atoms with Crippen molar-refractivity contribution >= 4 is 97.3 Å². The number of rotatable bonds is 33. The van der Waals surface area contributed by atoms with Gasteiger partial charge < -0.3 is 73.3 Å². The SMILES string of the molecule is CC(C)(C)OC(=O)N1CCN(c2nc(NCCOCCOCCOCCOCCOCCOCCOCCOCCc3cc(Cl)cc(NC(=O)NCc4ccc5c(c4)CN(C4CCC(=O)NC4=O)C5=O)c3)nc3c(F)c(Br)c(Cl)cc23)CC1.